The molecule has 9 heavy (non-hydrogen) atoms. The van der Waals surface area contributed by atoms with Gasteiger partial charge in [0, 0.05) is 7.05 Å². The standard InChI is InChI=1S/C5H10N4/c1-4-7-8-5(3-6)9(4)2/h3,6H2,1-2H3. The van der Waals surface area contributed by atoms with Crippen molar-refractivity contribution in [2.24, 2.45) is 12.8 Å². The molecule has 4 nitrogen and oxygen atoms in total. The van der Waals surface area contributed by atoms with Crippen molar-refractivity contribution in [1.29, 1.82) is 0 Å². The van der Waals surface area contributed by atoms with Crippen LogP contribution in [0.15, 0.2) is 0 Å². The van der Waals surface area contributed by atoms with Crippen molar-refractivity contribution >= 4 is 0 Å². The van der Waals surface area contributed by atoms with Gasteiger partial charge in [0.1, 0.15) is 11.6 Å². The molecule has 0 bridgehead atoms. The van der Waals surface area contributed by atoms with Crippen molar-refractivity contribution in [3.05, 3.63) is 11.6 Å². The quantitative estimate of drug-likeness (QED) is 0.556. The second-order valence-electron chi connectivity index (χ2n) is 1.93. The van der Waals surface area contributed by atoms with Gasteiger partial charge in [0.05, 0.1) is 6.54 Å². The van der Waals surface area contributed by atoms with E-state index in [1.165, 1.54) is 0 Å². The molecule has 0 spiro atoms. The van der Waals surface area contributed by atoms with Crippen LogP contribution in [0, 0.1) is 6.92 Å². The van der Waals surface area contributed by atoms with Gasteiger partial charge in [0.2, 0.25) is 0 Å². The molecular formula is C5H10N4. The molecule has 0 aromatic carbocycles. The lowest BCUT2D eigenvalue weighted by atomic mass is 10.6. The molecule has 0 unspecified atom stereocenters. The molecule has 0 radical (unpaired) electrons. The first-order valence-electron chi connectivity index (χ1n) is 2.80. The van der Waals surface area contributed by atoms with Gasteiger partial charge < -0.3 is 10.3 Å². The topological polar surface area (TPSA) is 56.7 Å². The van der Waals surface area contributed by atoms with E-state index in [0.29, 0.717) is 6.54 Å². The highest BCUT2D eigenvalue weighted by molar-refractivity contribution is 4.90. The van der Waals surface area contributed by atoms with E-state index in [2.05, 4.69) is 10.2 Å². The van der Waals surface area contributed by atoms with E-state index in [0.717, 1.165) is 11.6 Å². The second kappa shape index (κ2) is 2.14. The van der Waals surface area contributed by atoms with Crippen LogP contribution in [0.3, 0.4) is 0 Å². The molecule has 0 aliphatic carbocycles. The maximum absolute atomic E-state index is 5.34. The third kappa shape index (κ3) is 0.929. The summed E-state index contributed by atoms with van der Waals surface area (Å²) in [6, 6.07) is 0. The summed E-state index contributed by atoms with van der Waals surface area (Å²) >= 11 is 0. The van der Waals surface area contributed by atoms with Gasteiger partial charge in [-0.05, 0) is 6.92 Å². The van der Waals surface area contributed by atoms with Crippen molar-refractivity contribution in [2.45, 2.75) is 13.5 Å². The fourth-order valence-electron chi connectivity index (χ4n) is 0.629. The van der Waals surface area contributed by atoms with Gasteiger partial charge in [-0.3, -0.25) is 0 Å². The van der Waals surface area contributed by atoms with Gasteiger partial charge in [-0.1, -0.05) is 0 Å². The van der Waals surface area contributed by atoms with E-state index in [-0.39, 0.29) is 0 Å². The highest BCUT2D eigenvalue weighted by Gasteiger charge is 1.99. The summed E-state index contributed by atoms with van der Waals surface area (Å²) in [5.74, 6) is 1.72. The molecule has 0 aliphatic heterocycles. The second-order valence-corrected chi connectivity index (χ2v) is 1.93. The van der Waals surface area contributed by atoms with Crippen LogP contribution in [0.25, 0.3) is 0 Å². The van der Waals surface area contributed by atoms with Gasteiger partial charge in [0.25, 0.3) is 0 Å². The molecule has 0 atom stereocenters. The van der Waals surface area contributed by atoms with Crippen LogP contribution in [-0.2, 0) is 13.6 Å². The molecule has 0 saturated heterocycles. The van der Waals surface area contributed by atoms with Gasteiger partial charge in [-0.15, -0.1) is 10.2 Å². The van der Waals surface area contributed by atoms with Gasteiger partial charge in [-0.25, -0.2) is 0 Å². The van der Waals surface area contributed by atoms with Gasteiger partial charge in [0.15, 0.2) is 0 Å². The Balaban J connectivity index is 3.04. The third-order valence-electron chi connectivity index (χ3n) is 1.37. The minimum atomic E-state index is 0.456. The average Bonchev–Trinajstić information content (AvgIpc) is 2.15. The number of hydrogen-bond acceptors (Lipinski definition) is 3. The van der Waals surface area contributed by atoms with E-state index in [1.54, 1.807) is 0 Å². The Morgan fingerprint density at radius 2 is 2.22 bits per heavy atom. The van der Waals surface area contributed by atoms with E-state index in [9.17, 15) is 0 Å². The van der Waals surface area contributed by atoms with Crippen LogP contribution in [0.2, 0.25) is 0 Å². The van der Waals surface area contributed by atoms with Crippen molar-refractivity contribution < 1.29 is 0 Å². The molecule has 50 valence electrons. The van der Waals surface area contributed by atoms with E-state index >= 15 is 0 Å². The van der Waals surface area contributed by atoms with Crippen LogP contribution in [0.1, 0.15) is 11.6 Å². The molecule has 4 heteroatoms. The summed E-state index contributed by atoms with van der Waals surface area (Å²) in [7, 11) is 1.90. The Labute approximate surface area is 53.7 Å². The zero-order valence-corrected chi connectivity index (χ0v) is 5.63. The maximum Gasteiger partial charge on any atom is 0.146 e. The van der Waals surface area contributed by atoms with Crippen molar-refractivity contribution in [3.8, 4) is 0 Å². The summed E-state index contributed by atoms with van der Waals surface area (Å²) in [6.07, 6.45) is 0. The lowest BCUT2D eigenvalue weighted by molar-refractivity contribution is 0.773. The molecule has 0 fully saturated rings. The molecule has 1 heterocycles. The fraction of sp³-hybridized carbons (Fsp3) is 0.600. The predicted octanol–water partition coefficient (Wildman–Crippen LogP) is -0.418. The molecule has 0 saturated carbocycles. The van der Waals surface area contributed by atoms with Crippen LogP contribution >= 0.6 is 0 Å². The van der Waals surface area contributed by atoms with Crippen molar-refractivity contribution in [1.82, 2.24) is 14.8 Å². The maximum atomic E-state index is 5.34. The first-order valence-corrected chi connectivity index (χ1v) is 2.80. The zero-order valence-electron chi connectivity index (χ0n) is 5.63. The van der Waals surface area contributed by atoms with E-state index in [4.69, 9.17) is 5.73 Å². The lowest BCUT2D eigenvalue weighted by Gasteiger charge is -1.94. The summed E-state index contributed by atoms with van der Waals surface area (Å²) < 4.78 is 1.88. The molecule has 1 aromatic heterocycles. The predicted molar refractivity (Wildman–Crippen MR) is 33.6 cm³/mol. The Bertz CT molecular complexity index is 203. The number of nitrogens with zero attached hydrogens (tertiary/aromatic N) is 3. The van der Waals surface area contributed by atoms with Crippen molar-refractivity contribution in [2.75, 3.05) is 0 Å². The average molecular weight is 126 g/mol. The summed E-state index contributed by atoms with van der Waals surface area (Å²) in [5, 5.41) is 7.64. The summed E-state index contributed by atoms with van der Waals surface area (Å²) in [6.45, 7) is 2.35. The van der Waals surface area contributed by atoms with Gasteiger partial charge >= 0.3 is 0 Å². The molecule has 0 aliphatic rings. The van der Waals surface area contributed by atoms with Crippen molar-refractivity contribution in [3.63, 3.8) is 0 Å². The molecule has 1 rings (SSSR count). The Hall–Kier alpha value is -0.900. The summed E-state index contributed by atoms with van der Waals surface area (Å²) in [4.78, 5) is 0. The Morgan fingerprint density at radius 3 is 2.44 bits per heavy atom. The Morgan fingerprint density at radius 1 is 1.56 bits per heavy atom. The number of hydrogen-bond donors (Lipinski definition) is 1. The number of aryl methyl sites for hydroxylation is 1. The van der Waals surface area contributed by atoms with E-state index in [1.807, 2.05) is 18.5 Å². The first-order chi connectivity index (χ1) is 4.25. The highest BCUT2D eigenvalue weighted by atomic mass is 15.3. The third-order valence-corrected chi connectivity index (χ3v) is 1.37. The fourth-order valence-corrected chi connectivity index (χ4v) is 0.629. The van der Waals surface area contributed by atoms with Crippen LogP contribution in [0.4, 0.5) is 0 Å². The van der Waals surface area contributed by atoms with Gasteiger partial charge in [-0.2, -0.15) is 0 Å². The van der Waals surface area contributed by atoms with Crippen LogP contribution in [0.5, 0.6) is 0 Å². The van der Waals surface area contributed by atoms with Crippen LogP contribution in [-0.4, -0.2) is 14.8 Å². The number of nitrogens with two attached hydrogens (primary N) is 1. The molecule has 2 N–H and O–H groups in total. The van der Waals surface area contributed by atoms with E-state index < -0.39 is 0 Å². The Kier molecular flexibility index (Phi) is 1.48. The number of aromatic nitrogens is 3. The highest BCUT2D eigenvalue weighted by Crippen LogP contribution is 1.93. The normalized spacial score (nSPS) is 10.1. The number of rotatable bonds is 1. The zero-order chi connectivity index (χ0) is 6.85. The SMILES string of the molecule is Cc1nnc(CN)n1C. The monoisotopic (exact) mass is 126 g/mol. The largest absolute Gasteiger partial charge is 0.324 e. The first kappa shape index (κ1) is 6.22. The summed E-state index contributed by atoms with van der Waals surface area (Å²) in [5.41, 5.74) is 5.34. The molecular weight excluding hydrogens is 116 g/mol. The smallest absolute Gasteiger partial charge is 0.146 e. The minimum absolute atomic E-state index is 0.456. The van der Waals surface area contributed by atoms with Crippen LogP contribution < -0.4 is 5.73 Å². The molecule has 0 amide bonds. The molecule has 1 aromatic rings. The lowest BCUT2D eigenvalue weighted by Crippen LogP contribution is -2.05. The minimum Gasteiger partial charge on any atom is -0.324 e.